The quantitative estimate of drug-likeness (QED) is 0.123. The van der Waals surface area contributed by atoms with Crippen LogP contribution in [0.25, 0.3) is 23.0 Å². The molecule has 0 aliphatic heterocycles. The lowest BCUT2D eigenvalue weighted by Gasteiger charge is -2.16. The summed E-state index contributed by atoms with van der Waals surface area (Å²) in [5, 5.41) is 17.4. The zero-order valence-electron chi connectivity index (χ0n) is 24.0. The standard InChI is InChI=1S/C31H28ClN9O4/c1-45-31(44)36-24-8-9-25(22(14-24)15-33)27-16-34-30(38-27)26(12-19-2-4-20(17-42)5-3-19)37-29(43)11-6-21-13-23(32)7-10-28(21)41-18-35-39-40-41/h2-11,13-14,16-18,26H,12,15,33H2,1H3,(H,34,38)(H,36,44)(H,37,43)/b11-6+/t26-/m0/s1. The molecule has 2 amide bonds. The highest BCUT2D eigenvalue weighted by Gasteiger charge is 2.20. The van der Waals surface area contributed by atoms with E-state index in [1.807, 2.05) is 18.2 Å². The van der Waals surface area contributed by atoms with Crippen molar-refractivity contribution < 1.29 is 19.1 Å². The summed E-state index contributed by atoms with van der Waals surface area (Å²) in [5.41, 5.74) is 11.5. The van der Waals surface area contributed by atoms with Gasteiger partial charge in [-0.1, -0.05) is 41.9 Å². The molecule has 0 spiro atoms. The minimum Gasteiger partial charge on any atom is -0.453 e. The van der Waals surface area contributed by atoms with Crippen molar-refractivity contribution in [1.29, 1.82) is 0 Å². The van der Waals surface area contributed by atoms with Gasteiger partial charge in [0.25, 0.3) is 0 Å². The Morgan fingerprint density at radius 2 is 1.96 bits per heavy atom. The predicted octanol–water partition coefficient (Wildman–Crippen LogP) is 4.27. The first-order chi connectivity index (χ1) is 21.9. The number of hydrogen-bond acceptors (Lipinski definition) is 9. The molecule has 0 fully saturated rings. The van der Waals surface area contributed by atoms with Crippen molar-refractivity contribution in [1.82, 2.24) is 35.5 Å². The van der Waals surface area contributed by atoms with Crippen molar-refractivity contribution in [3.05, 3.63) is 112 Å². The average Bonchev–Trinajstić information content (AvgIpc) is 3.77. The summed E-state index contributed by atoms with van der Waals surface area (Å²) in [6.07, 6.45) is 6.68. The van der Waals surface area contributed by atoms with Crippen LogP contribution in [0.1, 0.15) is 38.9 Å². The molecule has 1 atom stereocenters. The van der Waals surface area contributed by atoms with Crippen LogP contribution in [-0.2, 0) is 22.5 Å². The van der Waals surface area contributed by atoms with Crippen LogP contribution in [0.5, 0.6) is 0 Å². The highest BCUT2D eigenvalue weighted by atomic mass is 35.5. The number of carbonyl (C=O) groups is 3. The fourth-order valence-corrected chi connectivity index (χ4v) is 4.81. The number of aromatic nitrogens is 6. The summed E-state index contributed by atoms with van der Waals surface area (Å²) in [7, 11) is 1.28. The van der Waals surface area contributed by atoms with E-state index in [4.69, 9.17) is 17.3 Å². The Hall–Kier alpha value is -5.66. The molecule has 5 N–H and O–H groups in total. The topological polar surface area (TPSA) is 183 Å². The minimum atomic E-state index is -0.592. The van der Waals surface area contributed by atoms with Gasteiger partial charge in [-0.2, -0.15) is 4.68 Å². The SMILES string of the molecule is COC(=O)Nc1ccc(-c2cnc([C@H](Cc3ccc(C=O)cc3)NC(=O)/C=C/c3cc(Cl)ccc3-n3cnnn3)[nH]2)c(CN)c1. The molecule has 0 aliphatic rings. The Morgan fingerprint density at radius 1 is 1.13 bits per heavy atom. The first-order valence-electron chi connectivity index (χ1n) is 13.7. The van der Waals surface area contributed by atoms with E-state index in [1.165, 1.54) is 24.2 Å². The van der Waals surface area contributed by atoms with E-state index in [2.05, 4.69) is 40.9 Å². The molecule has 228 valence electrons. The second-order valence-electron chi connectivity index (χ2n) is 9.79. The molecule has 5 rings (SSSR count). The van der Waals surface area contributed by atoms with Crippen molar-refractivity contribution in [2.45, 2.75) is 19.0 Å². The zero-order chi connectivity index (χ0) is 31.8. The number of imidazole rings is 1. The molecular formula is C31H28ClN9O4. The Morgan fingerprint density at radius 3 is 2.67 bits per heavy atom. The predicted molar refractivity (Wildman–Crippen MR) is 168 cm³/mol. The normalized spacial score (nSPS) is 11.7. The van der Waals surface area contributed by atoms with E-state index in [0.717, 1.165) is 23.0 Å². The van der Waals surface area contributed by atoms with E-state index in [1.54, 1.807) is 54.7 Å². The molecule has 0 bridgehead atoms. The number of nitrogens with zero attached hydrogens (tertiary/aromatic N) is 5. The van der Waals surface area contributed by atoms with Crippen LogP contribution >= 0.6 is 11.6 Å². The summed E-state index contributed by atoms with van der Waals surface area (Å²) in [5.74, 6) is 0.120. The van der Waals surface area contributed by atoms with Crippen molar-refractivity contribution in [3.63, 3.8) is 0 Å². The van der Waals surface area contributed by atoms with E-state index in [9.17, 15) is 14.4 Å². The van der Waals surface area contributed by atoms with Crippen LogP contribution in [0.3, 0.4) is 0 Å². The summed E-state index contributed by atoms with van der Waals surface area (Å²) in [6, 6.07) is 17.0. The fraction of sp³-hybridized carbons (Fsp3) is 0.129. The van der Waals surface area contributed by atoms with Gasteiger partial charge in [-0.05, 0) is 64.4 Å². The van der Waals surface area contributed by atoms with Crippen molar-refractivity contribution in [2.24, 2.45) is 5.73 Å². The maximum absolute atomic E-state index is 13.3. The number of methoxy groups -OCH3 is 1. The maximum Gasteiger partial charge on any atom is 0.411 e. The number of aldehydes is 1. The number of anilines is 1. The average molecular weight is 626 g/mol. The van der Waals surface area contributed by atoms with Crippen LogP contribution in [-0.4, -0.2) is 55.6 Å². The number of benzene rings is 3. The van der Waals surface area contributed by atoms with Gasteiger partial charge < -0.3 is 20.8 Å². The number of nitrogens with two attached hydrogens (primary N) is 1. The lowest BCUT2D eigenvalue weighted by atomic mass is 10.0. The number of amides is 2. The van der Waals surface area contributed by atoms with Gasteiger partial charge >= 0.3 is 6.09 Å². The van der Waals surface area contributed by atoms with Gasteiger partial charge in [0.1, 0.15) is 18.4 Å². The van der Waals surface area contributed by atoms with Gasteiger partial charge in [0.15, 0.2) is 0 Å². The molecule has 0 saturated heterocycles. The Kier molecular flexibility index (Phi) is 9.72. The molecule has 45 heavy (non-hydrogen) atoms. The first-order valence-corrected chi connectivity index (χ1v) is 14.0. The lowest BCUT2D eigenvalue weighted by molar-refractivity contribution is -0.117. The molecule has 14 heteroatoms. The number of carbonyl (C=O) groups excluding carboxylic acids is 3. The minimum absolute atomic E-state index is 0.199. The van der Waals surface area contributed by atoms with E-state index >= 15 is 0 Å². The van der Waals surface area contributed by atoms with Gasteiger partial charge in [-0.15, -0.1) is 5.10 Å². The lowest BCUT2D eigenvalue weighted by Crippen LogP contribution is -2.29. The van der Waals surface area contributed by atoms with Gasteiger partial charge in [0, 0.05) is 40.0 Å². The molecule has 2 heterocycles. The number of aromatic amines is 1. The Bertz CT molecular complexity index is 1840. The summed E-state index contributed by atoms with van der Waals surface area (Å²) in [4.78, 5) is 44.0. The first kappa shape index (κ1) is 30.8. The highest BCUT2D eigenvalue weighted by molar-refractivity contribution is 6.30. The summed E-state index contributed by atoms with van der Waals surface area (Å²) < 4.78 is 6.14. The van der Waals surface area contributed by atoms with Crippen LogP contribution in [0, 0.1) is 0 Å². The zero-order valence-corrected chi connectivity index (χ0v) is 24.7. The molecular weight excluding hydrogens is 598 g/mol. The van der Waals surface area contributed by atoms with E-state index in [0.29, 0.717) is 45.5 Å². The number of rotatable bonds is 11. The Labute approximate surface area is 262 Å². The molecule has 2 aromatic heterocycles. The molecule has 0 radical (unpaired) electrons. The van der Waals surface area contributed by atoms with Crippen molar-refractivity contribution in [2.75, 3.05) is 12.4 Å². The molecule has 0 unspecified atom stereocenters. The molecule has 5 aromatic rings. The van der Waals surface area contributed by atoms with Crippen LogP contribution in [0.2, 0.25) is 5.02 Å². The fourth-order valence-electron chi connectivity index (χ4n) is 4.63. The number of nitrogens with one attached hydrogen (secondary N) is 3. The largest absolute Gasteiger partial charge is 0.453 e. The summed E-state index contributed by atoms with van der Waals surface area (Å²) in [6.45, 7) is 0.199. The third-order valence-electron chi connectivity index (χ3n) is 6.84. The number of H-pyrrole nitrogens is 1. The second kappa shape index (κ2) is 14.2. The maximum atomic E-state index is 13.3. The molecule has 3 aromatic carbocycles. The van der Waals surface area contributed by atoms with Crippen LogP contribution < -0.4 is 16.4 Å². The smallest absolute Gasteiger partial charge is 0.411 e. The Balaban J connectivity index is 1.42. The third kappa shape index (κ3) is 7.65. The molecule has 0 aliphatic carbocycles. The van der Waals surface area contributed by atoms with E-state index in [-0.39, 0.29) is 12.5 Å². The number of hydrogen-bond donors (Lipinski definition) is 4. The van der Waals surface area contributed by atoms with Crippen LogP contribution in [0.4, 0.5) is 10.5 Å². The van der Waals surface area contributed by atoms with Gasteiger partial charge in [-0.3, -0.25) is 14.9 Å². The molecule has 0 saturated carbocycles. The molecule has 13 nitrogen and oxygen atoms in total. The van der Waals surface area contributed by atoms with Crippen molar-refractivity contribution >= 4 is 41.7 Å². The number of halogens is 1. The van der Waals surface area contributed by atoms with Crippen molar-refractivity contribution in [3.8, 4) is 16.9 Å². The van der Waals surface area contributed by atoms with Gasteiger partial charge in [0.05, 0.1) is 30.7 Å². The second-order valence-corrected chi connectivity index (χ2v) is 10.2. The van der Waals surface area contributed by atoms with Gasteiger partial charge in [0.2, 0.25) is 5.91 Å². The highest BCUT2D eigenvalue weighted by Crippen LogP contribution is 2.27. The third-order valence-corrected chi connectivity index (χ3v) is 7.08. The summed E-state index contributed by atoms with van der Waals surface area (Å²) >= 11 is 6.22. The monoisotopic (exact) mass is 625 g/mol. The number of tetrazole rings is 1. The van der Waals surface area contributed by atoms with Crippen LogP contribution in [0.15, 0.2) is 79.3 Å². The number of ether oxygens (including phenoxy) is 1. The van der Waals surface area contributed by atoms with E-state index < -0.39 is 12.1 Å². The van der Waals surface area contributed by atoms with Gasteiger partial charge in [-0.25, -0.2) is 9.78 Å².